The second-order valence-electron chi connectivity index (χ2n) is 6.86. The number of carbonyl (C=O) groups is 3. The number of anilines is 1. The summed E-state index contributed by atoms with van der Waals surface area (Å²) < 4.78 is 53.0. The van der Waals surface area contributed by atoms with Gasteiger partial charge in [0.2, 0.25) is 5.91 Å². The van der Waals surface area contributed by atoms with Crippen LogP contribution in [0.1, 0.15) is 24.5 Å². The number of hydrogen-bond acceptors (Lipinski definition) is 3. The highest BCUT2D eigenvalue weighted by molar-refractivity contribution is 6.07. The van der Waals surface area contributed by atoms with Crippen LogP contribution in [0.5, 0.6) is 0 Å². The highest BCUT2D eigenvalue weighted by Crippen LogP contribution is 2.39. The van der Waals surface area contributed by atoms with Crippen LogP contribution < -0.4 is 10.6 Å². The van der Waals surface area contributed by atoms with E-state index in [1.807, 2.05) is 0 Å². The molecule has 10 heteroatoms. The molecular weight excluding hydrogens is 406 g/mol. The van der Waals surface area contributed by atoms with E-state index < -0.39 is 40.9 Å². The number of alkyl halides is 3. The molecule has 0 aromatic heterocycles. The van der Waals surface area contributed by atoms with Gasteiger partial charge in [-0.15, -0.1) is 0 Å². The number of nitrogens with one attached hydrogen (secondary N) is 2. The predicted octanol–water partition coefficient (Wildman–Crippen LogP) is 3.64. The van der Waals surface area contributed by atoms with E-state index in [4.69, 9.17) is 0 Å². The van der Waals surface area contributed by atoms with E-state index >= 15 is 0 Å². The Morgan fingerprint density at radius 2 is 1.73 bits per heavy atom. The van der Waals surface area contributed by atoms with Gasteiger partial charge in [-0.3, -0.25) is 14.5 Å². The largest absolute Gasteiger partial charge is 0.416 e. The molecule has 30 heavy (non-hydrogen) atoms. The third-order valence-electron chi connectivity index (χ3n) is 4.74. The molecule has 0 unspecified atom stereocenters. The molecule has 1 heterocycles. The summed E-state index contributed by atoms with van der Waals surface area (Å²) in [5.74, 6) is -1.92. The molecule has 2 aromatic rings. The van der Waals surface area contributed by atoms with Gasteiger partial charge in [0.1, 0.15) is 11.4 Å². The number of carbonyl (C=O) groups excluding carboxylic acids is 3. The Balaban J connectivity index is 1.73. The van der Waals surface area contributed by atoms with Crippen molar-refractivity contribution in [1.29, 1.82) is 0 Å². The summed E-state index contributed by atoms with van der Waals surface area (Å²) in [6, 6.07) is 8.58. The monoisotopic (exact) mass is 423 g/mol. The van der Waals surface area contributed by atoms with Crippen molar-refractivity contribution in [2.75, 3.05) is 11.9 Å². The predicted molar refractivity (Wildman–Crippen MR) is 98.7 cm³/mol. The molecule has 1 atom stereocenters. The van der Waals surface area contributed by atoms with E-state index in [1.54, 1.807) is 0 Å². The van der Waals surface area contributed by atoms with E-state index in [2.05, 4.69) is 10.6 Å². The van der Waals surface area contributed by atoms with Crippen molar-refractivity contribution < 1.29 is 31.9 Å². The second kappa shape index (κ2) is 7.77. The maximum Gasteiger partial charge on any atom is 0.416 e. The SMILES string of the molecule is C[C@]1(c2ccccc2C(F)(F)F)NC(=O)N(CCC(=O)Nc2ccc(F)cc2)C1=O. The molecule has 2 aromatic carbocycles. The summed E-state index contributed by atoms with van der Waals surface area (Å²) in [6.45, 7) is 0.859. The Labute approximate surface area is 168 Å². The third kappa shape index (κ3) is 4.12. The Morgan fingerprint density at radius 1 is 1.10 bits per heavy atom. The van der Waals surface area contributed by atoms with Crippen molar-refractivity contribution in [2.45, 2.75) is 25.1 Å². The van der Waals surface area contributed by atoms with Crippen molar-refractivity contribution in [3.63, 3.8) is 0 Å². The number of benzene rings is 2. The van der Waals surface area contributed by atoms with E-state index in [-0.39, 0.29) is 18.5 Å². The Hall–Kier alpha value is -3.43. The van der Waals surface area contributed by atoms with Gasteiger partial charge in [-0.25, -0.2) is 9.18 Å². The van der Waals surface area contributed by atoms with Crippen LogP contribution in [0.3, 0.4) is 0 Å². The van der Waals surface area contributed by atoms with Crippen LogP contribution in [-0.4, -0.2) is 29.3 Å². The summed E-state index contributed by atoms with van der Waals surface area (Å²) in [5, 5.41) is 4.78. The van der Waals surface area contributed by atoms with E-state index in [1.165, 1.54) is 31.2 Å². The van der Waals surface area contributed by atoms with E-state index in [0.29, 0.717) is 10.6 Å². The van der Waals surface area contributed by atoms with Crippen LogP contribution in [0.4, 0.5) is 28.0 Å². The van der Waals surface area contributed by atoms with Crippen LogP contribution in [0.2, 0.25) is 0 Å². The van der Waals surface area contributed by atoms with Crippen LogP contribution in [0.25, 0.3) is 0 Å². The summed E-state index contributed by atoms with van der Waals surface area (Å²) in [4.78, 5) is 37.9. The molecule has 0 spiro atoms. The lowest BCUT2D eigenvalue weighted by Crippen LogP contribution is -2.42. The molecule has 1 aliphatic heterocycles. The number of nitrogens with zero attached hydrogens (tertiary/aromatic N) is 1. The molecule has 1 saturated heterocycles. The first-order chi connectivity index (χ1) is 14.0. The zero-order chi connectivity index (χ0) is 22.1. The summed E-state index contributed by atoms with van der Waals surface area (Å²) in [5.41, 5.74) is -3.01. The fraction of sp³-hybridized carbons (Fsp3) is 0.250. The summed E-state index contributed by atoms with van der Waals surface area (Å²) >= 11 is 0. The first-order valence-electron chi connectivity index (χ1n) is 8.88. The first-order valence-corrected chi connectivity index (χ1v) is 8.88. The highest BCUT2D eigenvalue weighted by atomic mass is 19.4. The molecule has 1 aliphatic rings. The van der Waals surface area contributed by atoms with E-state index in [0.717, 1.165) is 24.3 Å². The molecule has 2 N–H and O–H groups in total. The number of halogens is 4. The van der Waals surface area contributed by atoms with Gasteiger partial charge in [0.05, 0.1) is 5.56 Å². The smallest absolute Gasteiger partial charge is 0.326 e. The van der Waals surface area contributed by atoms with Crippen molar-refractivity contribution in [2.24, 2.45) is 0 Å². The standard InChI is InChI=1S/C20H17F4N3O3/c1-19(14-4-2-3-5-15(14)20(22,23)24)17(29)27(18(30)26-19)11-10-16(28)25-13-8-6-12(21)7-9-13/h2-9H,10-11H2,1H3,(H,25,28)(H,26,30)/t19-/m1/s1. The van der Waals surface area contributed by atoms with Crippen LogP contribution in [-0.2, 0) is 21.3 Å². The van der Waals surface area contributed by atoms with Crippen molar-refractivity contribution in [1.82, 2.24) is 10.2 Å². The minimum absolute atomic E-state index is 0.284. The summed E-state index contributed by atoms with van der Waals surface area (Å²) in [7, 11) is 0. The molecule has 1 fully saturated rings. The molecule has 0 bridgehead atoms. The van der Waals surface area contributed by atoms with Crippen LogP contribution >= 0.6 is 0 Å². The number of amides is 4. The minimum Gasteiger partial charge on any atom is -0.326 e. The van der Waals surface area contributed by atoms with Gasteiger partial charge in [-0.2, -0.15) is 13.2 Å². The highest BCUT2D eigenvalue weighted by Gasteiger charge is 2.52. The van der Waals surface area contributed by atoms with Gasteiger partial charge in [0.15, 0.2) is 0 Å². The van der Waals surface area contributed by atoms with Crippen molar-refractivity contribution >= 4 is 23.5 Å². The normalized spacial score (nSPS) is 19.0. The molecule has 6 nitrogen and oxygen atoms in total. The molecule has 4 amide bonds. The zero-order valence-electron chi connectivity index (χ0n) is 15.7. The van der Waals surface area contributed by atoms with E-state index in [9.17, 15) is 31.9 Å². The topological polar surface area (TPSA) is 78.5 Å². The average molecular weight is 423 g/mol. The molecular formula is C20H17F4N3O3. The molecule has 3 rings (SSSR count). The molecule has 158 valence electrons. The maximum absolute atomic E-state index is 13.4. The number of hydrogen-bond donors (Lipinski definition) is 2. The van der Waals surface area contributed by atoms with Crippen LogP contribution in [0.15, 0.2) is 48.5 Å². The Kier molecular flexibility index (Phi) is 5.51. The zero-order valence-corrected chi connectivity index (χ0v) is 15.7. The van der Waals surface area contributed by atoms with Crippen LogP contribution in [0, 0.1) is 5.82 Å². The lowest BCUT2D eigenvalue weighted by Gasteiger charge is -2.25. The molecule has 0 saturated carbocycles. The van der Waals surface area contributed by atoms with Gasteiger partial charge in [0.25, 0.3) is 5.91 Å². The van der Waals surface area contributed by atoms with Gasteiger partial charge >= 0.3 is 12.2 Å². The van der Waals surface area contributed by atoms with Gasteiger partial charge in [0, 0.05) is 18.7 Å². The second-order valence-corrected chi connectivity index (χ2v) is 6.86. The number of imide groups is 1. The number of rotatable bonds is 5. The van der Waals surface area contributed by atoms with Gasteiger partial charge in [-0.1, -0.05) is 18.2 Å². The quantitative estimate of drug-likeness (QED) is 0.569. The van der Waals surface area contributed by atoms with Crippen molar-refractivity contribution in [3.8, 4) is 0 Å². The van der Waals surface area contributed by atoms with Crippen molar-refractivity contribution in [3.05, 3.63) is 65.5 Å². The van der Waals surface area contributed by atoms with Gasteiger partial charge < -0.3 is 10.6 Å². The minimum atomic E-state index is -4.72. The fourth-order valence-corrected chi connectivity index (χ4v) is 3.22. The van der Waals surface area contributed by atoms with Gasteiger partial charge in [-0.05, 0) is 42.8 Å². The fourth-order valence-electron chi connectivity index (χ4n) is 3.22. The lowest BCUT2D eigenvalue weighted by atomic mass is 9.87. The Morgan fingerprint density at radius 3 is 2.37 bits per heavy atom. The lowest BCUT2D eigenvalue weighted by molar-refractivity contribution is -0.140. The first kappa shape index (κ1) is 21.3. The summed E-state index contributed by atoms with van der Waals surface area (Å²) in [6.07, 6.45) is -5.00. The molecule has 0 radical (unpaired) electrons. The molecule has 0 aliphatic carbocycles. The maximum atomic E-state index is 13.4. The Bertz CT molecular complexity index is 992. The third-order valence-corrected chi connectivity index (χ3v) is 4.74. The number of urea groups is 1. The average Bonchev–Trinajstić information content (AvgIpc) is 2.90.